The Bertz CT molecular complexity index is 940. The van der Waals surface area contributed by atoms with Crippen molar-refractivity contribution >= 4 is 11.5 Å². The fraction of sp³-hybridized carbons (Fsp3) is 0.560. The van der Waals surface area contributed by atoms with Gasteiger partial charge in [-0.3, -0.25) is 0 Å². The SMILES string of the molecule is CCOC(=O)C1=CCc2cc(C#CC34OC3(C)C(C)(C)CCC4(C)C)ccc21. The molecule has 3 aliphatic rings. The molecule has 0 spiro atoms. The van der Waals surface area contributed by atoms with Gasteiger partial charge in [-0.05, 0) is 61.8 Å². The molecule has 3 heteroatoms. The van der Waals surface area contributed by atoms with Crippen LogP contribution in [0.5, 0.6) is 0 Å². The van der Waals surface area contributed by atoms with Crippen LogP contribution in [0.3, 0.4) is 0 Å². The van der Waals surface area contributed by atoms with Gasteiger partial charge in [0.15, 0.2) is 5.60 Å². The molecule has 0 bridgehead atoms. The lowest BCUT2D eigenvalue weighted by molar-refractivity contribution is -0.136. The van der Waals surface area contributed by atoms with E-state index in [-0.39, 0.29) is 22.4 Å². The van der Waals surface area contributed by atoms with Crippen LogP contribution in [0.25, 0.3) is 5.57 Å². The summed E-state index contributed by atoms with van der Waals surface area (Å²) in [6, 6.07) is 6.10. The molecule has 1 saturated heterocycles. The monoisotopic (exact) mass is 378 g/mol. The largest absolute Gasteiger partial charge is 0.462 e. The Kier molecular flexibility index (Phi) is 4.11. The summed E-state index contributed by atoms with van der Waals surface area (Å²) in [6.07, 6.45) is 4.96. The number of fused-ring (bicyclic) bond motifs is 2. The Morgan fingerprint density at radius 2 is 1.86 bits per heavy atom. The van der Waals surface area contributed by atoms with Crippen LogP contribution in [-0.4, -0.2) is 23.8 Å². The van der Waals surface area contributed by atoms with Crippen molar-refractivity contribution < 1.29 is 14.3 Å². The summed E-state index contributed by atoms with van der Waals surface area (Å²) >= 11 is 0. The van der Waals surface area contributed by atoms with E-state index in [1.165, 1.54) is 0 Å². The Morgan fingerprint density at radius 3 is 2.57 bits per heavy atom. The van der Waals surface area contributed by atoms with Gasteiger partial charge in [0.05, 0.1) is 12.2 Å². The molecule has 148 valence electrons. The van der Waals surface area contributed by atoms with Gasteiger partial charge in [0.1, 0.15) is 5.60 Å². The lowest BCUT2D eigenvalue weighted by Crippen LogP contribution is -2.49. The Hall–Kier alpha value is -2.05. The average Bonchev–Trinajstić information content (AvgIpc) is 3.09. The lowest BCUT2D eigenvalue weighted by Gasteiger charge is -2.43. The van der Waals surface area contributed by atoms with Crippen molar-refractivity contribution in [3.63, 3.8) is 0 Å². The van der Waals surface area contributed by atoms with Crippen molar-refractivity contribution in [1.82, 2.24) is 0 Å². The zero-order valence-electron chi connectivity index (χ0n) is 17.9. The van der Waals surface area contributed by atoms with Crippen molar-refractivity contribution in [1.29, 1.82) is 0 Å². The second-order valence-electron chi connectivity index (χ2n) is 9.75. The van der Waals surface area contributed by atoms with Crippen LogP contribution >= 0.6 is 0 Å². The van der Waals surface area contributed by atoms with E-state index in [4.69, 9.17) is 9.47 Å². The van der Waals surface area contributed by atoms with Gasteiger partial charge in [0, 0.05) is 11.0 Å². The first-order valence-corrected chi connectivity index (χ1v) is 10.3. The Labute approximate surface area is 168 Å². The molecule has 2 fully saturated rings. The number of hydrogen-bond acceptors (Lipinski definition) is 3. The van der Waals surface area contributed by atoms with Gasteiger partial charge in [-0.1, -0.05) is 51.7 Å². The van der Waals surface area contributed by atoms with Crippen molar-refractivity contribution in [2.45, 2.75) is 72.0 Å². The van der Waals surface area contributed by atoms with Crippen molar-refractivity contribution in [3.05, 3.63) is 41.0 Å². The van der Waals surface area contributed by atoms with E-state index in [1.807, 2.05) is 25.1 Å². The standard InChI is InChI=1S/C25H30O3/c1-7-27-21(26)20-11-9-18-16-17(8-10-19(18)20)12-13-25-23(4,5)15-14-22(2,3)24(25,6)28-25/h8,10-11,16H,7,9,14-15H2,1-6H3. The quantitative estimate of drug-likeness (QED) is 0.417. The predicted octanol–water partition coefficient (Wildman–Crippen LogP) is 4.91. The molecule has 4 rings (SSSR count). The van der Waals surface area contributed by atoms with E-state index in [2.05, 4.69) is 52.5 Å². The molecule has 1 aromatic carbocycles. The van der Waals surface area contributed by atoms with Gasteiger partial charge in [-0.25, -0.2) is 4.79 Å². The molecule has 1 saturated carbocycles. The van der Waals surface area contributed by atoms with E-state index in [1.54, 1.807) is 0 Å². The van der Waals surface area contributed by atoms with Crippen molar-refractivity contribution in [2.24, 2.45) is 10.8 Å². The maximum absolute atomic E-state index is 12.1. The molecule has 1 aromatic rings. The van der Waals surface area contributed by atoms with Gasteiger partial charge in [0.25, 0.3) is 0 Å². The van der Waals surface area contributed by atoms with Crippen LogP contribution in [0.15, 0.2) is 24.3 Å². The zero-order valence-corrected chi connectivity index (χ0v) is 17.9. The summed E-state index contributed by atoms with van der Waals surface area (Å²) in [5.74, 6) is 6.70. The summed E-state index contributed by atoms with van der Waals surface area (Å²) in [5.41, 5.74) is 3.29. The second-order valence-corrected chi connectivity index (χ2v) is 9.75. The summed E-state index contributed by atoms with van der Waals surface area (Å²) in [7, 11) is 0. The van der Waals surface area contributed by atoms with Crippen LogP contribution in [0, 0.1) is 22.7 Å². The highest BCUT2D eigenvalue weighted by Gasteiger charge is 2.80. The minimum Gasteiger partial charge on any atom is -0.462 e. The van der Waals surface area contributed by atoms with Gasteiger partial charge in [-0.15, -0.1) is 0 Å². The fourth-order valence-electron chi connectivity index (χ4n) is 5.02. The molecule has 1 aliphatic heterocycles. The molecular weight excluding hydrogens is 348 g/mol. The van der Waals surface area contributed by atoms with Gasteiger partial charge in [-0.2, -0.15) is 0 Å². The summed E-state index contributed by atoms with van der Waals surface area (Å²) < 4.78 is 11.6. The first-order valence-electron chi connectivity index (χ1n) is 10.3. The molecule has 3 nitrogen and oxygen atoms in total. The highest BCUT2D eigenvalue weighted by molar-refractivity contribution is 6.18. The normalized spacial score (nSPS) is 31.0. The topological polar surface area (TPSA) is 38.8 Å². The van der Waals surface area contributed by atoms with Crippen LogP contribution in [0.4, 0.5) is 0 Å². The number of epoxide rings is 1. The minimum absolute atomic E-state index is 0.0274. The maximum Gasteiger partial charge on any atom is 0.338 e. The van der Waals surface area contributed by atoms with Crippen LogP contribution in [0.1, 0.15) is 71.1 Å². The lowest BCUT2D eigenvalue weighted by atomic mass is 9.55. The van der Waals surface area contributed by atoms with Crippen LogP contribution in [-0.2, 0) is 20.7 Å². The first kappa shape index (κ1) is 19.3. The van der Waals surface area contributed by atoms with E-state index < -0.39 is 5.60 Å². The summed E-state index contributed by atoms with van der Waals surface area (Å²) in [5, 5.41) is 0. The van der Waals surface area contributed by atoms with Crippen molar-refractivity contribution in [2.75, 3.05) is 6.61 Å². The predicted molar refractivity (Wildman–Crippen MR) is 111 cm³/mol. The fourth-order valence-corrected chi connectivity index (χ4v) is 5.02. The number of benzene rings is 1. The molecule has 2 unspecified atom stereocenters. The number of ether oxygens (including phenoxy) is 2. The van der Waals surface area contributed by atoms with E-state index in [0.29, 0.717) is 12.2 Å². The molecule has 0 aromatic heterocycles. The second kappa shape index (κ2) is 5.97. The number of carbonyl (C=O) groups excluding carboxylic acids is 1. The number of allylic oxidation sites excluding steroid dienone is 1. The molecule has 1 heterocycles. The van der Waals surface area contributed by atoms with E-state index in [9.17, 15) is 4.79 Å². The highest BCUT2D eigenvalue weighted by atomic mass is 16.6. The van der Waals surface area contributed by atoms with Gasteiger partial charge in [0.2, 0.25) is 0 Å². The molecule has 0 N–H and O–H groups in total. The van der Waals surface area contributed by atoms with E-state index >= 15 is 0 Å². The minimum atomic E-state index is -0.394. The smallest absolute Gasteiger partial charge is 0.338 e. The van der Waals surface area contributed by atoms with Crippen molar-refractivity contribution in [3.8, 4) is 11.8 Å². The molecule has 2 atom stereocenters. The third-order valence-corrected chi connectivity index (χ3v) is 7.41. The average molecular weight is 379 g/mol. The van der Waals surface area contributed by atoms with E-state index in [0.717, 1.165) is 36.0 Å². The Balaban J connectivity index is 1.63. The van der Waals surface area contributed by atoms with Crippen LogP contribution in [0.2, 0.25) is 0 Å². The molecule has 0 amide bonds. The zero-order chi connectivity index (χ0) is 20.4. The molecule has 0 radical (unpaired) electrons. The third kappa shape index (κ3) is 2.51. The molecule has 2 aliphatic carbocycles. The molecular formula is C25H30O3. The number of esters is 1. The molecule has 28 heavy (non-hydrogen) atoms. The summed E-state index contributed by atoms with van der Waals surface area (Å²) in [6.45, 7) is 13.6. The number of rotatable bonds is 2. The Morgan fingerprint density at radius 1 is 1.14 bits per heavy atom. The van der Waals surface area contributed by atoms with Gasteiger partial charge >= 0.3 is 5.97 Å². The maximum atomic E-state index is 12.1. The van der Waals surface area contributed by atoms with Crippen LogP contribution < -0.4 is 0 Å². The van der Waals surface area contributed by atoms with Gasteiger partial charge < -0.3 is 9.47 Å². The summed E-state index contributed by atoms with van der Waals surface area (Å²) in [4.78, 5) is 12.1. The first-order chi connectivity index (χ1) is 13.1. The number of carbonyl (C=O) groups is 1. The third-order valence-electron chi connectivity index (χ3n) is 7.41. The highest BCUT2D eigenvalue weighted by Crippen LogP contribution is 2.71. The number of hydrogen-bond donors (Lipinski definition) is 0.